The monoisotopic (exact) mass is 192 g/mol. The molecule has 1 N–H and O–H groups in total. The molecule has 1 fully saturated rings. The Kier molecular flexibility index (Phi) is 2.15. The van der Waals surface area contributed by atoms with Crippen LogP contribution in [-0.2, 0) is 4.79 Å². The molecule has 3 nitrogen and oxygen atoms in total. The Morgan fingerprint density at radius 2 is 2.21 bits per heavy atom. The van der Waals surface area contributed by atoms with Crippen molar-refractivity contribution in [3.63, 3.8) is 0 Å². The summed E-state index contributed by atoms with van der Waals surface area (Å²) in [5.41, 5.74) is 1.02. The predicted octanol–water partition coefficient (Wildman–Crippen LogP) is 1.88. The molecule has 1 unspecified atom stereocenters. The van der Waals surface area contributed by atoms with Crippen LogP contribution < -0.4 is 4.74 Å². The minimum atomic E-state index is -0.707. The number of hydrogen-bond donors (Lipinski definition) is 1. The lowest BCUT2D eigenvalue weighted by Crippen LogP contribution is -1.99. The highest BCUT2D eigenvalue weighted by Crippen LogP contribution is 2.50. The molecule has 0 aliphatic heterocycles. The molecule has 0 heterocycles. The second-order valence-corrected chi connectivity index (χ2v) is 3.53. The molecule has 14 heavy (non-hydrogen) atoms. The summed E-state index contributed by atoms with van der Waals surface area (Å²) in [6.45, 7) is 0. The van der Waals surface area contributed by atoms with E-state index in [1.54, 1.807) is 7.11 Å². The highest BCUT2D eigenvalue weighted by molar-refractivity contribution is 5.75. The number of hydrogen-bond acceptors (Lipinski definition) is 2. The van der Waals surface area contributed by atoms with Gasteiger partial charge < -0.3 is 9.84 Å². The third kappa shape index (κ3) is 1.45. The van der Waals surface area contributed by atoms with Crippen LogP contribution >= 0.6 is 0 Å². The third-order valence-electron chi connectivity index (χ3n) is 2.65. The van der Waals surface area contributed by atoms with E-state index in [2.05, 4.69) is 0 Å². The Morgan fingerprint density at radius 3 is 2.79 bits per heavy atom. The second kappa shape index (κ2) is 3.33. The van der Waals surface area contributed by atoms with Crippen LogP contribution in [0.5, 0.6) is 5.75 Å². The van der Waals surface area contributed by atoms with Gasteiger partial charge in [-0.05, 0) is 18.1 Å². The van der Waals surface area contributed by atoms with Crippen LogP contribution in [0.1, 0.15) is 17.9 Å². The molecular weight excluding hydrogens is 180 g/mol. The van der Waals surface area contributed by atoms with Gasteiger partial charge in [0.2, 0.25) is 0 Å². The lowest BCUT2D eigenvalue weighted by Gasteiger charge is -2.06. The minimum Gasteiger partial charge on any atom is -0.496 e. The van der Waals surface area contributed by atoms with E-state index in [1.165, 1.54) is 0 Å². The Morgan fingerprint density at radius 1 is 1.50 bits per heavy atom. The maximum Gasteiger partial charge on any atom is 0.307 e. The van der Waals surface area contributed by atoms with E-state index in [-0.39, 0.29) is 11.8 Å². The number of carboxylic acid groups (broad SMARTS) is 1. The summed E-state index contributed by atoms with van der Waals surface area (Å²) < 4.78 is 5.18. The standard InChI is InChI=1S/C11H12O3/c1-14-10-5-3-2-4-7(10)8-6-9(8)11(12)13/h2-5,8-9H,6H2,1H3,(H,12,13)/t8?,9-/m0/s1. The zero-order chi connectivity index (χ0) is 10.1. The van der Waals surface area contributed by atoms with Crippen molar-refractivity contribution in [3.8, 4) is 5.75 Å². The average Bonchev–Trinajstić information content (AvgIpc) is 2.97. The molecule has 1 aromatic carbocycles. The van der Waals surface area contributed by atoms with Crippen LogP contribution in [0.15, 0.2) is 24.3 Å². The van der Waals surface area contributed by atoms with Crippen molar-refractivity contribution in [2.75, 3.05) is 7.11 Å². The van der Waals surface area contributed by atoms with E-state index >= 15 is 0 Å². The maximum atomic E-state index is 10.7. The fourth-order valence-corrected chi connectivity index (χ4v) is 1.78. The Labute approximate surface area is 82.3 Å². The van der Waals surface area contributed by atoms with Crippen molar-refractivity contribution in [3.05, 3.63) is 29.8 Å². The Balaban J connectivity index is 2.22. The van der Waals surface area contributed by atoms with E-state index < -0.39 is 5.97 Å². The number of aliphatic carboxylic acids is 1. The van der Waals surface area contributed by atoms with Crippen LogP contribution in [0.25, 0.3) is 0 Å². The molecule has 1 aliphatic carbocycles. The number of benzene rings is 1. The SMILES string of the molecule is COc1ccccc1C1C[C@@H]1C(=O)O. The van der Waals surface area contributed by atoms with Crippen LogP contribution in [0.2, 0.25) is 0 Å². The van der Waals surface area contributed by atoms with Gasteiger partial charge in [0.15, 0.2) is 0 Å². The highest BCUT2D eigenvalue weighted by atomic mass is 16.5. The molecule has 2 atom stereocenters. The molecule has 1 aliphatic rings. The third-order valence-corrected chi connectivity index (χ3v) is 2.65. The number of carbonyl (C=O) groups is 1. The first kappa shape index (κ1) is 9.06. The number of methoxy groups -OCH3 is 1. The van der Waals surface area contributed by atoms with E-state index in [0.717, 1.165) is 17.7 Å². The summed E-state index contributed by atoms with van der Waals surface area (Å²) in [6, 6.07) is 7.61. The summed E-state index contributed by atoms with van der Waals surface area (Å²) in [4.78, 5) is 10.7. The molecule has 0 aromatic heterocycles. The van der Waals surface area contributed by atoms with Crippen molar-refractivity contribution in [1.29, 1.82) is 0 Å². The summed E-state index contributed by atoms with van der Waals surface area (Å²) in [7, 11) is 1.61. The molecule has 3 heteroatoms. The largest absolute Gasteiger partial charge is 0.496 e. The van der Waals surface area contributed by atoms with Crippen molar-refractivity contribution < 1.29 is 14.6 Å². The van der Waals surface area contributed by atoms with E-state index in [4.69, 9.17) is 9.84 Å². The van der Waals surface area contributed by atoms with Gasteiger partial charge in [-0.1, -0.05) is 18.2 Å². The molecule has 0 saturated heterocycles. The first-order chi connectivity index (χ1) is 6.74. The number of rotatable bonds is 3. The molecule has 0 spiro atoms. The Hall–Kier alpha value is -1.51. The molecule has 1 aromatic rings. The summed E-state index contributed by atoms with van der Waals surface area (Å²) in [5, 5.41) is 8.81. The fraction of sp³-hybridized carbons (Fsp3) is 0.364. The van der Waals surface area contributed by atoms with Gasteiger partial charge in [-0.2, -0.15) is 0 Å². The summed E-state index contributed by atoms with van der Waals surface area (Å²) in [5.74, 6) is 0.0112. The van der Waals surface area contributed by atoms with Gasteiger partial charge in [0.05, 0.1) is 13.0 Å². The molecule has 0 bridgehead atoms. The molecule has 2 rings (SSSR count). The van der Waals surface area contributed by atoms with E-state index in [1.807, 2.05) is 24.3 Å². The number of ether oxygens (including phenoxy) is 1. The van der Waals surface area contributed by atoms with Gasteiger partial charge in [0.25, 0.3) is 0 Å². The highest BCUT2D eigenvalue weighted by Gasteiger charge is 2.45. The number of para-hydroxylation sites is 1. The van der Waals surface area contributed by atoms with Crippen LogP contribution in [-0.4, -0.2) is 18.2 Å². The first-order valence-electron chi connectivity index (χ1n) is 4.59. The first-order valence-corrected chi connectivity index (χ1v) is 4.59. The van der Waals surface area contributed by atoms with Crippen molar-refractivity contribution >= 4 is 5.97 Å². The van der Waals surface area contributed by atoms with Crippen LogP contribution in [0.3, 0.4) is 0 Å². The van der Waals surface area contributed by atoms with Crippen molar-refractivity contribution in [2.45, 2.75) is 12.3 Å². The summed E-state index contributed by atoms with van der Waals surface area (Å²) in [6.07, 6.45) is 0.732. The minimum absolute atomic E-state index is 0.142. The van der Waals surface area contributed by atoms with E-state index in [9.17, 15) is 4.79 Å². The molecule has 0 amide bonds. The molecule has 0 radical (unpaired) electrons. The van der Waals surface area contributed by atoms with Crippen molar-refractivity contribution in [2.24, 2.45) is 5.92 Å². The smallest absolute Gasteiger partial charge is 0.307 e. The van der Waals surface area contributed by atoms with Gasteiger partial charge in [0, 0.05) is 5.92 Å². The lowest BCUT2D eigenvalue weighted by molar-refractivity contribution is -0.138. The molecular formula is C11H12O3. The van der Waals surface area contributed by atoms with Gasteiger partial charge in [-0.25, -0.2) is 0 Å². The van der Waals surface area contributed by atoms with Crippen molar-refractivity contribution in [1.82, 2.24) is 0 Å². The van der Waals surface area contributed by atoms with Gasteiger partial charge in [-0.15, -0.1) is 0 Å². The van der Waals surface area contributed by atoms with E-state index in [0.29, 0.717) is 0 Å². The Bertz CT molecular complexity index is 359. The predicted molar refractivity (Wildman–Crippen MR) is 51.5 cm³/mol. The zero-order valence-corrected chi connectivity index (χ0v) is 7.93. The normalized spacial score (nSPS) is 24.4. The molecule has 74 valence electrons. The lowest BCUT2D eigenvalue weighted by atomic mass is 10.1. The average molecular weight is 192 g/mol. The summed E-state index contributed by atoms with van der Waals surface area (Å²) >= 11 is 0. The fourth-order valence-electron chi connectivity index (χ4n) is 1.78. The zero-order valence-electron chi connectivity index (χ0n) is 7.93. The van der Waals surface area contributed by atoms with Crippen LogP contribution in [0, 0.1) is 5.92 Å². The molecule has 1 saturated carbocycles. The van der Waals surface area contributed by atoms with Crippen LogP contribution in [0.4, 0.5) is 0 Å². The van der Waals surface area contributed by atoms with Gasteiger partial charge in [0.1, 0.15) is 5.75 Å². The quantitative estimate of drug-likeness (QED) is 0.795. The topological polar surface area (TPSA) is 46.5 Å². The van der Waals surface area contributed by atoms with Gasteiger partial charge >= 0.3 is 5.97 Å². The second-order valence-electron chi connectivity index (χ2n) is 3.53. The van der Waals surface area contributed by atoms with Gasteiger partial charge in [-0.3, -0.25) is 4.79 Å². The number of carboxylic acids is 1. The maximum absolute atomic E-state index is 10.7.